The van der Waals surface area contributed by atoms with Crippen molar-refractivity contribution in [1.82, 2.24) is 14.9 Å². The zero-order valence-electron chi connectivity index (χ0n) is 14.5. The summed E-state index contributed by atoms with van der Waals surface area (Å²) in [6.07, 6.45) is 0.682. The second-order valence-electron chi connectivity index (χ2n) is 5.79. The van der Waals surface area contributed by atoms with Crippen LogP contribution < -0.4 is 15.4 Å². The summed E-state index contributed by atoms with van der Waals surface area (Å²) in [6.45, 7) is 6.58. The molecule has 0 radical (unpaired) electrons. The van der Waals surface area contributed by atoms with E-state index in [9.17, 15) is 4.79 Å². The molecular weight excluding hydrogens is 324 g/mol. The number of benzene rings is 1. The van der Waals surface area contributed by atoms with E-state index < -0.39 is 0 Å². The largest absolute Gasteiger partial charge is 0.497 e. The Labute approximate surface area is 146 Å². The Morgan fingerprint density at radius 3 is 2.83 bits per heavy atom. The first-order valence-corrected chi connectivity index (χ1v) is 8.81. The minimum absolute atomic E-state index is 0.0385. The summed E-state index contributed by atoms with van der Waals surface area (Å²) in [7, 11) is 1.62. The van der Waals surface area contributed by atoms with Crippen molar-refractivity contribution in [2.75, 3.05) is 12.4 Å². The van der Waals surface area contributed by atoms with Crippen molar-refractivity contribution in [3.05, 3.63) is 34.8 Å². The number of carbonyl (C=O) groups is 1. The number of aromatic nitrogens is 2. The topological polar surface area (TPSA) is 76.1 Å². The van der Waals surface area contributed by atoms with Gasteiger partial charge in [-0.05, 0) is 36.0 Å². The monoisotopic (exact) mass is 348 g/mol. The zero-order valence-corrected chi connectivity index (χ0v) is 15.3. The third kappa shape index (κ3) is 4.67. The lowest BCUT2D eigenvalue weighted by molar-refractivity contribution is -0.122. The Morgan fingerprint density at radius 1 is 1.38 bits per heavy atom. The summed E-state index contributed by atoms with van der Waals surface area (Å²) in [6, 6.07) is 7.25. The molecule has 1 amide bonds. The first kappa shape index (κ1) is 18.2. The standard InChI is InChI=1S/C17H24N4O2S/c1-5-14(19-12-7-6-8-13(9-12)23-4)17(22)18-10-15-16(11(2)3)20-21-24-15/h6-9,11,14,19H,5,10H2,1-4H3,(H,18,22). The van der Waals surface area contributed by atoms with Crippen molar-refractivity contribution in [3.8, 4) is 5.75 Å². The molecule has 24 heavy (non-hydrogen) atoms. The summed E-state index contributed by atoms with van der Waals surface area (Å²) in [5.41, 5.74) is 1.81. The van der Waals surface area contributed by atoms with Crippen molar-refractivity contribution in [1.29, 1.82) is 0 Å². The smallest absolute Gasteiger partial charge is 0.242 e. The van der Waals surface area contributed by atoms with Crippen LogP contribution in [0.1, 0.15) is 43.7 Å². The van der Waals surface area contributed by atoms with E-state index in [-0.39, 0.29) is 11.9 Å². The molecule has 6 nitrogen and oxygen atoms in total. The van der Waals surface area contributed by atoms with Crippen LogP contribution in [0.5, 0.6) is 5.75 Å². The molecule has 0 aliphatic carbocycles. The predicted molar refractivity (Wildman–Crippen MR) is 96.5 cm³/mol. The lowest BCUT2D eigenvalue weighted by Crippen LogP contribution is -2.38. The average Bonchev–Trinajstić information content (AvgIpc) is 3.06. The fraction of sp³-hybridized carbons (Fsp3) is 0.471. The number of ether oxygens (including phenoxy) is 1. The van der Waals surface area contributed by atoms with Gasteiger partial charge in [-0.3, -0.25) is 4.79 Å². The van der Waals surface area contributed by atoms with E-state index in [1.165, 1.54) is 11.5 Å². The predicted octanol–water partition coefficient (Wildman–Crippen LogP) is 3.18. The normalized spacial score (nSPS) is 12.0. The van der Waals surface area contributed by atoms with Gasteiger partial charge in [0.15, 0.2) is 0 Å². The van der Waals surface area contributed by atoms with Gasteiger partial charge < -0.3 is 15.4 Å². The van der Waals surface area contributed by atoms with E-state index >= 15 is 0 Å². The van der Waals surface area contributed by atoms with Crippen LogP contribution in [0, 0.1) is 0 Å². The van der Waals surface area contributed by atoms with E-state index in [4.69, 9.17) is 4.74 Å². The quantitative estimate of drug-likeness (QED) is 0.766. The lowest BCUT2D eigenvalue weighted by atomic mass is 10.1. The summed E-state index contributed by atoms with van der Waals surface area (Å²) in [5.74, 6) is 1.02. The van der Waals surface area contributed by atoms with Gasteiger partial charge in [-0.2, -0.15) is 0 Å². The minimum Gasteiger partial charge on any atom is -0.497 e. The number of rotatable bonds is 8. The Balaban J connectivity index is 1.97. The molecule has 1 unspecified atom stereocenters. The van der Waals surface area contributed by atoms with Crippen LogP contribution in [0.4, 0.5) is 5.69 Å². The van der Waals surface area contributed by atoms with E-state index in [0.29, 0.717) is 18.9 Å². The maximum atomic E-state index is 12.5. The van der Waals surface area contributed by atoms with Gasteiger partial charge >= 0.3 is 0 Å². The molecule has 0 bridgehead atoms. The van der Waals surface area contributed by atoms with Crippen molar-refractivity contribution in [2.24, 2.45) is 0 Å². The lowest BCUT2D eigenvalue weighted by Gasteiger charge is -2.18. The molecular formula is C17H24N4O2S. The van der Waals surface area contributed by atoms with Crippen molar-refractivity contribution in [3.63, 3.8) is 0 Å². The molecule has 0 spiro atoms. The summed E-state index contributed by atoms with van der Waals surface area (Å²) >= 11 is 1.34. The molecule has 0 fully saturated rings. The number of hydrogen-bond donors (Lipinski definition) is 2. The highest BCUT2D eigenvalue weighted by Gasteiger charge is 2.18. The molecule has 130 valence electrons. The molecule has 1 aromatic heterocycles. The Morgan fingerprint density at radius 2 is 2.17 bits per heavy atom. The van der Waals surface area contributed by atoms with Crippen LogP contribution in [-0.4, -0.2) is 28.6 Å². The number of amides is 1. The maximum Gasteiger partial charge on any atom is 0.242 e. The molecule has 2 rings (SSSR count). The third-order valence-electron chi connectivity index (χ3n) is 3.69. The van der Waals surface area contributed by atoms with Crippen LogP contribution in [0.25, 0.3) is 0 Å². The van der Waals surface area contributed by atoms with E-state index in [1.807, 2.05) is 31.2 Å². The Bertz CT molecular complexity index is 672. The first-order chi connectivity index (χ1) is 11.5. The highest BCUT2D eigenvalue weighted by Crippen LogP contribution is 2.20. The summed E-state index contributed by atoms with van der Waals surface area (Å²) < 4.78 is 9.19. The molecule has 2 aromatic rings. The second kappa shape index (κ2) is 8.63. The fourth-order valence-electron chi connectivity index (χ4n) is 2.33. The van der Waals surface area contributed by atoms with Crippen molar-refractivity contribution in [2.45, 2.75) is 45.7 Å². The number of nitrogens with zero attached hydrogens (tertiary/aromatic N) is 2. The average molecular weight is 348 g/mol. The van der Waals surface area contributed by atoms with Crippen LogP contribution in [0.2, 0.25) is 0 Å². The van der Waals surface area contributed by atoms with Crippen molar-refractivity contribution < 1.29 is 9.53 Å². The van der Waals surface area contributed by atoms with E-state index in [0.717, 1.165) is 22.0 Å². The molecule has 1 atom stereocenters. The van der Waals surface area contributed by atoms with Crippen LogP contribution in [0.3, 0.4) is 0 Å². The fourth-order valence-corrected chi connectivity index (χ4v) is 3.07. The maximum absolute atomic E-state index is 12.5. The third-order valence-corrected chi connectivity index (χ3v) is 4.43. The molecule has 7 heteroatoms. The number of methoxy groups -OCH3 is 1. The van der Waals surface area contributed by atoms with Gasteiger partial charge in [0.1, 0.15) is 11.8 Å². The first-order valence-electron chi connectivity index (χ1n) is 8.04. The van der Waals surface area contributed by atoms with Crippen LogP contribution in [0.15, 0.2) is 24.3 Å². The van der Waals surface area contributed by atoms with Gasteiger partial charge in [0.05, 0.1) is 24.2 Å². The SMILES string of the molecule is CCC(Nc1cccc(OC)c1)C(=O)NCc1snnc1C(C)C. The molecule has 0 aliphatic rings. The van der Waals surface area contributed by atoms with Gasteiger partial charge in [0, 0.05) is 11.8 Å². The van der Waals surface area contributed by atoms with E-state index in [1.54, 1.807) is 7.11 Å². The molecule has 0 saturated heterocycles. The van der Waals surface area contributed by atoms with Gasteiger partial charge in [-0.1, -0.05) is 31.3 Å². The van der Waals surface area contributed by atoms with Gasteiger partial charge in [-0.25, -0.2) is 0 Å². The summed E-state index contributed by atoms with van der Waals surface area (Å²) in [4.78, 5) is 13.5. The number of hydrogen-bond acceptors (Lipinski definition) is 6. The zero-order chi connectivity index (χ0) is 17.5. The second-order valence-corrected chi connectivity index (χ2v) is 6.63. The Kier molecular flexibility index (Phi) is 6.54. The molecule has 1 aromatic carbocycles. The molecule has 0 aliphatic heterocycles. The van der Waals surface area contributed by atoms with Gasteiger partial charge in [-0.15, -0.1) is 5.10 Å². The van der Waals surface area contributed by atoms with Gasteiger partial charge in [0.2, 0.25) is 5.91 Å². The Hall–Kier alpha value is -2.15. The van der Waals surface area contributed by atoms with E-state index in [2.05, 4.69) is 34.1 Å². The molecule has 0 saturated carbocycles. The number of carbonyl (C=O) groups excluding carboxylic acids is 1. The van der Waals surface area contributed by atoms with Gasteiger partial charge in [0.25, 0.3) is 0 Å². The van der Waals surface area contributed by atoms with Crippen LogP contribution >= 0.6 is 11.5 Å². The highest BCUT2D eigenvalue weighted by molar-refractivity contribution is 7.05. The number of nitrogens with one attached hydrogen (secondary N) is 2. The highest BCUT2D eigenvalue weighted by atomic mass is 32.1. The minimum atomic E-state index is -0.305. The molecule has 1 heterocycles. The molecule has 2 N–H and O–H groups in total. The van der Waals surface area contributed by atoms with Crippen LogP contribution in [-0.2, 0) is 11.3 Å². The van der Waals surface area contributed by atoms with Crippen molar-refractivity contribution >= 4 is 23.1 Å². The summed E-state index contributed by atoms with van der Waals surface area (Å²) in [5, 5.41) is 10.4. The number of anilines is 1.